The van der Waals surface area contributed by atoms with Gasteiger partial charge in [0.05, 0.1) is 49.6 Å². The van der Waals surface area contributed by atoms with Crippen LogP contribution in [0.25, 0.3) is 0 Å². The molecule has 0 saturated heterocycles. The number of rotatable bonds is 4. The van der Waals surface area contributed by atoms with Gasteiger partial charge in [-0.05, 0) is 30.3 Å². The quantitative estimate of drug-likeness (QED) is 0.749. The molecule has 0 unspecified atom stereocenters. The van der Waals surface area contributed by atoms with E-state index in [0.29, 0.717) is 23.4 Å². The van der Waals surface area contributed by atoms with Crippen LogP contribution in [0.4, 0.5) is 0 Å². The topological polar surface area (TPSA) is 104 Å². The fourth-order valence-electron chi connectivity index (χ4n) is 3.27. The lowest BCUT2D eigenvalue weighted by Gasteiger charge is -2.33. The Labute approximate surface area is 161 Å². The van der Waals surface area contributed by atoms with E-state index in [1.165, 1.54) is 0 Å². The minimum Gasteiger partial charge on any atom is -0.467 e. The van der Waals surface area contributed by atoms with Crippen LogP contribution in [0.15, 0.2) is 59.6 Å². The number of imidazole rings is 1. The minimum absolute atomic E-state index is 0.211. The Balaban J connectivity index is 1.54. The second kappa shape index (κ2) is 7.40. The molecule has 2 aromatic heterocycles. The molecule has 140 valence electrons. The molecule has 1 aliphatic heterocycles. The standard InChI is InChI=1S/C20H17N5O3/c21-8-14-3-1-4-15(7-14)20(27)24-11-16-9-22-13-25(16)18(12-24)19(26)23-10-17-5-2-6-28-17/h1-7,9,13,18H,10-12H2,(H,23,26)/t18-/m1/s1. The molecule has 0 radical (unpaired) electrons. The number of nitrogens with one attached hydrogen (secondary N) is 1. The van der Waals surface area contributed by atoms with Gasteiger partial charge in [0.25, 0.3) is 5.91 Å². The van der Waals surface area contributed by atoms with Crippen molar-refractivity contribution in [3.8, 4) is 6.07 Å². The Morgan fingerprint density at radius 1 is 1.32 bits per heavy atom. The van der Waals surface area contributed by atoms with E-state index in [4.69, 9.17) is 9.68 Å². The number of hydrogen-bond donors (Lipinski definition) is 1. The smallest absolute Gasteiger partial charge is 0.254 e. The summed E-state index contributed by atoms with van der Waals surface area (Å²) in [5.41, 5.74) is 1.61. The highest BCUT2D eigenvalue weighted by molar-refractivity contribution is 5.95. The van der Waals surface area contributed by atoms with E-state index < -0.39 is 6.04 Å². The maximum Gasteiger partial charge on any atom is 0.254 e. The first kappa shape index (κ1) is 17.5. The zero-order valence-corrected chi connectivity index (χ0v) is 14.9. The van der Waals surface area contributed by atoms with Gasteiger partial charge < -0.3 is 19.2 Å². The summed E-state index contributed by atoms with van der Waals surface area (Å²) in [5.74, 6) is 0.198. The van der Waals surface area contributed by atoms with Crippen molar-refractivity contribution in [2.75, 3.05) is 6.54 Å². The molecule has 2 amide bonds. The average Bonchev–Trinajstić information content (AvgIpc) is 3.42. The number of carbonyl (C=O) groups excluding carboxylic acids is 2. The molecular formula is C20H17N5O3. The maximum absolute atomic E-state index is 13.0. The summed E-state index contributed by atoms with van der Waals surface area (Å²) in [6, 6.07) is 11.5. The zero-order chi connectivity index (χ0) is 19.5. The van der Waals surface area contributed by atoms with Gasteiger partial charge in [-0.2, -0.15) is 5.26 Å². The lowest BCUT2D eigenvalue weighted by atomic mass is 10.1. The fraction of sp³-hybridized carbons (Fsp3) is 0.200. The molecule has 0 aliphatic carbocycles. The first-order valence-electron chi connectivity index (χ1n) is 8.76. The Morgan fingerprint density at radius 2 is 2.21 bits per heavy atom. The number of nitriles is 1. The summed E-state index contributed by atoms with van der Waals surface area (Å²) in [7, 11) is 0. The summed E-state index contributed by atoms with van der Waals surface area (Å²) < 4.78 is 7.02. The molecule has 3 heterocycles. The van der Waals surface area contributed by atoms with Crippen molar-refractivity contribution < 1.29 is 14.0 Å². The highest BCUT2D eigenvalue weighted by Crippen LogP contribution is 2.23. The van der Waals surface area contributed by atoms with Gasteiger partial charge in [0.15, 0.2) is 0 Å². The van der Waals surface area contributed by atoms with Crippen molar-refractivity contribution in [2.45, 2.75) is 19.1 Å². The third-order valence-electron chi connectivity index (χ3n) is 4.67. The number of benzene rings is 1. The summed E-state index contributed by atoms with van der Waals surface area (Å²) in [4.78, 5) is 31.5. The van der Waals surface area contributed by atoms with Crippen molar-refractivity contribution in [2.24, 2.45) is 0 Å². The van der Waals surface area contributed by atoms with Gasteiger partial charge in [-0.3, -0.25) is 9.59 Å². The van der Waals surface area contributed by atoms with Crippen LogP contribution in [0.5, 0.6) is 0 Å². The van der Waals surface area contributed by atoms with Crippen LogP contribution in [-0.2, 0) is 17.9 Å². The van der Waals surface area contributed by atoms with Gasteiger partial charge in [0.1, 0.15) is 11.8 Å². The summed E-state index contributed by atoms with van der Waals surface area (Å²) in [6.45, 7) is 0.824. The Hall–Kier alpha value is -3.86. The zero-order valence-electron chi connectivity index (χ0n) is 14.9. The fourth-order valence-corrected chi connectivity index (χ4v) is 3.27. The van der Waals surface area contributed by atoms with Gasteiger partial charge in [-0.1, -0.05) is 6.07 Å². The predicted molar refractivity (Wildman–Crippen MR) is 97.7 cm³/mol. The van der Waals surface area contributed by atoms with Crippen LogP contribution in [0.1, 0.15) is 33.4 Å². The molecule has 8 heteroatoms. The number of aromatic nitrogens is 2. The molecule has 1 aromatic carbocycles. The van der Waals surface area contributed by atoms with E-state index in [1.807, 2.05) is 6.07 Å². The average molecular weight is 375 g/mol. The van der Waals surface area contributed by atoms with E-state index in [2.05, 4.69) is 10.3 Å². The van der Waals surface area contributed by atoms with Gasteiger partial charge in [-0.15, -0.1) is 0 Å². The number of hydrogen-bond acceptors (Lipinski definition) is 5. The third kappa shape index (κ3) is 3.38. The Bertz CT molecular complexity index is 1050. The van der Waals surface area contributed by atoms with Gasteiger partial charge in [-0.25, -0.2) is 4.98 Å². The minimum atomic E-state index is -0.593. The van der Waals surface area contributed by atoms with Crippen molar-refractivity contribution >= 4 is 11.8 Å². The highest BCUT2D eigenvalue weighted by Gasteiger charge is 2.32. The first-order chi connectivity index (χ1) is 13.7. The van der Waals surface area contributed by atoms with Crippen LogP contribution >= 0.6 is 0 Å². The van der Waals surface area contributed by atoms with Crippen LogP contribution in [0.3, 0.4) is 0 Å². The maximum atomic E-state index is 13.0. The van der Waals surface area contributed by atoms with E-state index in [-0.39, 0.29) is 24.9 Å². The number of fused-ring (bicyclic) bond motifs is 1. The molecule has 1 atom stereocenters. The number of carbonyl (C=O) groups is 2. The number of nitrogens with zero attached hydrogens (tertiary/aromatic N) is 4. The lowest BCUT2D eigenvalue weighted by Crippen LogP contribution is -2.46. The van der Waals surface area contributed by atoms with Crippen molar-refractivity contribution in [3.63, 3.8) is 0 Å². The van der Waals surface area contributed by atoms with Crippen LogP contribution in [0.2, 0.25) is 0 Å². The lowest BCUT2D eigenvalue weighted by molar-refractivity contribution is -0.125. The second-order valence-electron chi connectivity index (χ2n) is 6.48. The van der Waals surface area contributed by atoms with E-state index >= 15 is 0 Å². The van der Waals surface area contributed by atoms with Gasteiger partial charge in [0.2, 0.25) is 5.91 Å². The molecule has 28 heavy (non-hydrogen) atoms. The SMILES string of the molecule is N#Cc1cccc(C(=O)N2Cc3cncn3[C@@H](C(=O)NCc3ccco3)C2)c1. The molecule has 1 aliphatic rings. The van der Waals surface area contributed by atoms with E-state index in [1.54, 1.807) is 64.7 Å². The highest BCUT2D eigenvalue weighted by atomic mass is 16.3. The number of furan rings is 1. The molecule has 1 N–H and O–H groups in total. The number of amides is 2. The molecule has 0 spiro atoms. The van der Waals surface area contributed by atoms with E-state index in [9.17, 15) is 9.59 Å². The molecule has 3 aromatic rings. The van der Waals surface area contributed by atoms with Crippen LogP contribution < -0.4 is 5.32 Å². The normalized spacial score (nSPS) is 15.5. The van der Waals surface area contributed by atoms with Crippen molar-refractivity contribution in [1.82, 2.24) is 19.8 Å². The summed E-state index contributed by atoms with van der Waals surface area (Å²) in [5, 5.41) is 11.9. The molecular weight excluding hydrogens is 358 g/mol. The molecule has 8 nitrogen and oxygen atoms in total. The van der Waals surface area contributed by atoms with Crippen molar-refractivity contribution in [3.05, 3.63) is 77.8 Å². The molecule has 0 fully saturated rings. The van der Waals surface area contributed by atoms with Crippen LogP contribution in [0, 0.1) is 11.3 Å². The molecule has 4 rings (SSSR count). The van der Waals surface area contributed by atoms with Crippen LogP contribution in [-0.4, -0.2) is 32.8 Å². The van der Waals surface area contributed by atoms with Gasteiger partial charge in [0, 0.05) is 11.8 Å². The molecule has 0 saturated carbocycles. The predicted octanol–water partition coefficient (Wildman–Crippen LogP) is 1.86. The Kier molecular flexibility index (Phi) is 4.64. The van der Waals surface area contributed by atoms with Gasteiger partial charge >= 0.3 is 0 Å². The monoisotopic (exact) mass is 375 g/mol. The largest absolute Gasteiger partial charge is 0.467 e. The van der Waals surface area contributed by atoms with Crippen molar-refractivity contribution in [1.29, 1.82) is 5.26 Å². The molecule has 0 bridgehead atoms. The first-order valence-corrected chi connectivity index (χ1v) is 8.76. The Morgan fingerprint density at radius 3 is 3.00 bits per heavy atom. The summed E-state index contributed by atoms with van der Waals surface area (Å²) in [6.07, 6.45) is 4.80. The summed E-state index contributed by atoms with van der Waals surface area (Å²) >= 11 is 0. The third-order valence-corrected chi connectivity index (χ3v) is 4.67. The second-order valence-corrected chi connectivity index (χ2v) is 6.48. The van der Waals surface area contributed by atoms with E-state index in [0.717, 1.165) is 5.69 Å².